The molecule has 24 heavy (non-hydrogen) atoms. The number of ether oxygens (including phenoxy) is 1. The van der Waals surface area contributed by atoms with E-state index in [0.717, 1.165) is 25.1 Å². The molecule has 126 valence electrons. The Kier molecular flexibility index (Phi) is 5.56. The first-order valence-corrected chi connectivity index (χ1v) is 8.46. The third-order valence-corrected chi connectivity index (χ3v) is 4.56. The number of nitrogens with zero attached hydrogens (tertiary/aromatic N) is 1. The van der Waals surface area contributed by atoms with Gasteiger partial charge in [-0.2, -0.15) is 0 Å². The molecule has 0 spiro atoms. The summed E-state index contributed by atoms with van der Waals surface area (Å²) in [5, 5.41) is 6.88. The van der Waals surface area contributed by atoms with E-state index in [0.29, 0.717) is 28.0 Å². The Hall–Kier alpha value is -1.82. The van der Waals surface area contributed by atoms with Gasteiger partial charge in [-0.1, -0.05) is 29.3 Å². The van der Waals surface area contributed by atoms with E-state index in [1.54, 1.807) is 30.5 Å². The van der Waals surface area contributed by atoms with Crippen LogP contribution in [0, 0.1) is 0 Å². The lowest BCUT2D eigenvalue weighted by atomic mass is 10.2. The van der Waals surface area contributed by atoms with Gasteiger partial charge in [0.1, 0.15) is 5.69 Å². The van der Waals surface area contributed by atoms with Crippen LogP contribution >= 0.6 is 23.2 Å². The number of benzene rings is 1. The number of rotatable bonds is 5. The van der Waals surface area contributed by atoms with Gasteiger partial charge in [0.05, 0.1) is 33.7 Å². The first kappa shape index (κ1) is 17.0. The van der Waals surface area contributed by atoms with Crippen molar-refractivity contribution in [2.75, 3.05) is 18.5 Å². The second kappa shape index (κ2) is 7.83. The minimum Gasteiger partial charge on any atom is -0.376 e. The van der Waals surface area contributed by atoms with E-state index in [1.165, 1.54) is 0 Å². The van der Waals surface area contributed by atoms with Gasteiger partial charge in [0, 0.05) is 13.2 Å². The quantitative estimate of drug-likeness (QED) is 0.838. The fourth-order valence-corrected chi connectivity index (χ4v) is 2.81. The highest BCUT2D eigenvalue weighted by molar-refractivity contribution is 6.43. The third kappa shape index (κ3) is 4.17. The van der Waals surface area contributed by atoms with Crippen LogP contribution in [0.2, 0.25) is 10.0 Å². The average Bonchev–Trinajstić information content (AvgIpc) is 3.11. The number of anilines is 2. The minimum absolute atomic E-state index is 0.111. The van der Waals surface area contributed by atoms with Crippen LogP contribution in [0.15, 0.2) is 36.5 Å². The molecule has 0 aliphatic carbocycles. The van der Waals surface area contributed by atoms with Gasteiger partial charge in [-0.3, -0.25) is 4.79 Å². The van der Waals surface area contributed by atoms with E-state index in [2.05, 4.69) is 15.6 Å². The van der Waals surface area contributed by atoms with Crippen molar-refractivity contribution in [3.63, 3.8) is 0 Å². The van der Waals surface area contributed by atoms with E-state index in [1.807, 2.05) is 6.07 Å². The highest BCUT2D eigenvalue weighted by Crippen LogP contribution is 2.31. The Morgan fingerprint density at radius 3 is 2.88 bits per heavy atom. The van der Waals surface area contributed by atoms with Crippen LogP contribution in [-0.4, -0.2) is 30.1 Å². The van der Waals surface area contributed by atoms with Crippen molar-refractivity contribution < 1.29 is 9.53 Å². The van der Waals surface area contributed by atoms with Crippen LogP contribution in [0.4, 0.5) is 11.4 Å². The van der Waals surface area contributed by atoms with Gasteiger partial charge in [0.2, 0.25) is 0 Å². The normalized spacial score (nSPS) is 16.8. The molecule has 1 amide bonds. The molecule has 0 saturated carbocycles. The zero-order chi connectivity index (χ0) is 16.9. The lowest BCUT2D eigenvalue weighted by molar-refractivity contribution is 0.0854. The summed E-state index contributed by atoms with van der Waals surface area (Å²) in [7, 11) is 0. The summed E-state index contributed by atoms with van der Waals surface area (Å²) in [5.41, 5.74) is 1.76. The minimum atomic E-state index is -0.210. The fraction of sp³-hybridized carbons (Fsp3) is 0.294. The number of halogens is 2. The molecule has 3 rings (SSSR count). The lowest BCUT2D eigenvalue weighted by Crippen LogP contribution is -2.32. The maximum atomic E-state index is 12.1. The third-order valence-electron chi connectivity index (χ3n) is 3.74. The molecule has 1 unspecified atom stereocenters. The summed E-state index contributed by atoms with van der Waals surface area (Å²) in [6.07, 6.45) is 3.72. The summed E-state index contributed by atoms with van der Waals surface area (Å²) in [6, 6.07) is 8.76. The number of aromatic nitrogens is 1. The number of hydrogen-bond acceptors (Lipinski definition) is 4. The van der Waals surface area contributed by atoms with Gasteiger partial charge in [-0.15, -0.1) is 0 Å². The molecule has 1 aromatic heterocycles. The summed E-state index contributed by atoms with van der Waals surface area (Å²) in [5.74, 6) is -0.210. The summed E-state index contributed by atoms with van der Waals surface area (Å²) in [6.45, 7) is 1.28. The summed E-state index contributed by atoms with van der Waals surface area (Å²) < 4.78 is 5.48. The number of nitrogens with one attached hydrogen (secondary N) is 2. The number of amides is 1. The summed E-state index contributed by atoms with van der Waals surface area (Å²) in [4.78, 5) is 16.3. The zero-order valence-electron chi connectivity index (χ0n) is 12.9. The van der Waals surface area contributed by atoms with E-state index >= 15 is 0 Å². The molecule has 5 nitrogen and oxygen atoms in total. The zero-order valence-corrected chi connectivity index (χ0v) is 14.4. The van der Waals surface area contributed by atoms with Gasteiger partial charge < -0.3 is 15.4 Å². The molecule has 2 N–H and O–H groups in total. The first-order valence-electron chi connectivity index (χ1n) is 7.70. The van der Waals surface area contributed by atoms with Crippen LogP contribution in [-0.2, 0) is 4.74 Å². The van der Waals surface area contributed by atoms with Crippen molar-refractivity contribution in [2.45, 2.75) is 18.9 Å². The van der Waals surface area contributed by atoms with E-state index in [-0.39, 0.29) is 12.0 Å². The number of pyridine rings is 1. The van der Waals surface area contributed by atoms with Crippen LogP contribution in [0.25, 0.3) is 0 Å². The van der Waals surface area contributed by atoms with Gasteiger partial charge in [0.15, 0.2) is 0 Å². The van der Waals surface area contributed by atoms with Crippen LogP contribution in [0.5, 0.6) is 0 Å². The van der Waals surface area contributed by atoms with Crippen molar-refractivity contribution in [3.05, 3.63) is 52.3 Å². The molecule has 2 heterocycles. The smallest absolute Gasteiger partial charge is 0.269 e. The molecule has 2 aromatic rings. The number of hydrogen-bond donors (Lipinski definition) is 2. The topological polar surface area (TPSA) is 63.2 Å². The van der Waals surface area contributed by atoms with Crippen LogP contribution < -0.4 is 10.6 Å². The summed E-state index contributed by atoms with van der Waals surface area (Å²) >= 11 is 12.1. The van der Waals surface area contributed by atoms with Gasteiger partial charge in [-0.25, -0.2) is 4.98 Å². The Morgan fingerprint density at radius 1 is 1.29 bits per heavy atom. The molecule has 1 aromatic carbocycles. The molecule has 0 bridgehead atoms. The second-order valence-electron chi connectivity index (χ2n) is 5.50. The lowest BCUT2D eigenvalue weighted by Gasteiger charge is -2.11. The van der Waals surface area contributed by atoms with Crippen molar-refractivity contribution in [1.82, 2.24) is 10.3 Å². The maximum Gasteiger partial charge on any atom is 0.269 e. The highest BCUT2D eigenvalue weighted by atomic mass is 35.5. The predicted octanol–water partition coefficient (Wildman–Crippen LogP) is 4.04. The van der Waals surface area contributed by atoms with Crippen LogP contribution in [0.3, 0.4) is 0 Å². The monoisotopic (exact) mass is 365 g/mol. The number of carbonyl (C=O) groups is 1. The van der Waals surface area contributed by atoms with E-state index in [4.69, 9.17) is 27.9 Å². The van der Waals surface area contributed by atoms with E-state index in [9.17, 15) is 4.79 Å². The molecule has 1 aliphatic rings. The Morgan fingerprint density at radius 2 is 2.17 bits per heavy atom. The van der Waals surface area contributed by atoms with Gasteiger partial charge >= 0.3 is 0 Å². The SMILES string of the molecule is O=C(NCC1CCCO1)c1ccc(Nc2cccc(Cl)c2Cl)cn1. The molecule has 1 saturated heterocycles. The molecule has 7 heteroatoms. The van der Waals surface area contributed by atoms with Crippen LogP contribution in [0.1, 0.15) is 23.3 Å². The van der Waals surface area contributed by atoms with Crippen molar-refractivity contribution >= 4 is 40.5 Å². The largest absolute Gasteiger partial charge is 0.376 e. The molecular weight excluding hydrogens is 349 g/mol. The molecule has 0 radical (unpaired) electrons. The van der Waals surface area contributed by atoms with Gasteiger partial charge in [0.25, 0.3) is 5.91 Å². The van der Waals surface area contributed by atoms with Crippen molar-refractivity contribution in [1.29, 1.82) is 0 Å². The Labute approximate surface area is 150 Å². The van der Waals surface area contributed by atoms with Gasteiger partial charge in [-0.05, 0) is 37.1 Å². The maximum absolute atomic E-state index is 12.1. The first-order chi connectivity index (χ1) is 11.6. The van der Waals surface area contributed by atoms with Crippen molar-refractivity contribution in [3.8, 4) is 0 Å². The highest BCUT2D eigenvalue weighted by Gasteiger charge is 2.17. The predicted molar refractivity (Wildman–Crippen MR) is 95.3 cm³/mol. The Balaban J connectivity index is 1.60. The average molecular weight is 366 g/mol. The standard InChI is InChI=1S/C17H17Cl2N3O2/c18-13-4-1-5-14(16(13)19)22-11-6-7-15(20-9-11)17(23)21-10-12-3-2-8-24-12/h1,4-7,9,12,22H,2-3,8,10H2,(H,21,23). The van der Waals surface area contributed by atoms with E-state index < -0.39 is 0 Å². The second-order valence-corrected chi connectivity index (χ2v) is 6.29. The Bertz CT molecular complexity index is 716. The number of carbonyl (C=O) groups excluding carboxylic acids is 1. The molecule has 1 atom stereocenters. The fourth-order valence-electron chi connectivity index (χ4n) is 2.46. The molecule has 1 fully saturated rings. The van der Waals surface area contributed by atoms with Crippen molar-refractivity contribution in [2.24, 2.45) is 0 Å². The molecule has 1 aliphatic heterocycles. The molecular formula is C17H17Cl2N3O2.